The van der Waals surface area contributed by atoms with E-state index in [0.717, 1.165) is 17.7 Å². The van der Waals surface area contributed by atoms with E-state index in [0.29, 0.717) is 11.4 Å². The number of hydrogen-bond acceptors (Lipinski definition) is 5. The van der Waals surface area contributed by atoms with Crippen molar-refractivity contribution in [2.75, 3.05) is 5.73 Å². The number of nitrogens with zero attached hydrogens (tertiary/aromatic N) is 4. The molecule has 106 valence electrons. The van der Waals surface area contributed by atoms with Crippen LogP contribution in [0.25, 0.3) is 5.69 Å². The lowest BCUT2D eigenvalue weighted by molar-refractivity contribution is 0.429. The molecule has 2 aromatic carbocycles. The molecule has 21 heavy (non-hydrogen) atoms. The Bertz CT molecular complexity index is 739. The molecule has 0 aliphatic heterocycles. The molecule has 1 aromatic heterocycles. The van der Waals surface area contributed by atoms with E-state index in [1.54, 1.807) is 0 Å². The van der Waals surface area contributed by atoms with Gasteiger partial charge in [0.25, 0.3) is 0 Å². The van der Waals surface area contributed by atoms with E-state index >= 15 is 0 Å². The first-order valence-electron chi connectivity index (χ1n) is 6.68. The van der Waals surface area contributed by atoms with Gasteiger partial charge >= 0.3 is 6.01 Å². The van der Waals surface area contributed by atoms with Gasteiger partial charge in [0.2, 0.25) is 0 Å². The van der Waals surface area contributed by atoms with Gasteiger partial charge in [-0.1, -0.05) is 36.3 Å². The Morgan fingerprint density at radius 3 is 2.67 bits per heavy atom. The van der Waals surface area contributed by atoms with Gasteiger partial charge in [0.15, 0.2) is 5.75 Å². The van der Waals surface area contributed by atoms with E-state index < -0.39 is 0 Å². The maximum atomic E-state index is 6.00. The molecule has 0 unspecified atom stereocenters. The molecule has 0 radical (unpaired) electrons. The van der Waals surface area contributed by atoms with Gasteiger partial charge in [0, 0.05) is 0 Å². The lowest BCUT2D eigenvalue weighted by Crippen LogP contribution is -2.01. The number of anilines is 1. The highest BCUT2D eigenvalue weighted by Gasteiger charge is 2.12. The van der Waals surface area contributed by atoms with Crippen molar-refractivity contribution in [3.05, 3.63) is 54.1 Å². The molecule has 0 bridgehead atoms. The first-order valence-corrected chi connectivity index (χ1v) is 6.68. The van der Waals surface area contributed by atoms with Crippen LogP contribution >= 0.6 is 0 Å². The number of hydrogen-bond donors (Lipinski definition) is 1. The largest absolute Gasteiger partial charge is 0.421 e. The third kappa shape index (κ3) is 2.69. The highest BCUT2D eigenvalue weighted by atomic mass is 16.5. The summed E-state index contributed by atoms with van der Waals surface area (Å²) in [5.41, 5.74) is 8.54. The maximum absolute atomic E-state index is 6.00. The molecule has 3 aromatic rings. The summed E-state index contributed by atoms with van der Waals surface area (Å²) >= 11 is 0. The van der Waals surface area contributed by atoms with Gasteiger partial charge in [-0.15, -0.1) is 0 Å². The first-order chi connectivity index (χ1) is 10.3. The van der Waals surface area contributed by atoms with Crippen molar-refractivity contribution in [1.82, 2.24) is 20.2 Å². The Balaban J connectivity index is 1.92. The normalized spacial score (nSPS) is 10.5. The minimum absolute atomic E-state index is 0.275. The smallest absolute Gasteiger partial charge is 0.345 e. The SMILES string of the molecule is CCc1ccc(Oc2nnnn2-c2ccccc2)c(N)c1. The molecule has 6 nitrogen and oxygen atoms in total. The average molecular weight is 281 g/mol. The molecule has 0 aliphatic rings. The van der Waals surface area contributed by atoms with Crippen LogP contribution in [0.5, 0.6) is 11.8 Å². The van der Waals surface area contributed by atoms with Crippen molar-refractivity contribution in [3.8, 4) is 17.4 Å². The molecule has 3 rings (SSSR count). The minimum atomic E-state index is 0.275. The fourth-order valence-electron chi connectivity index (χ4n) is 1.98. The number of nitrogen functional groups attached to an aromatic ring is 1. The molecule has 0 aliphatic carbocycles. The minimum Gasteiger partial charge on any atom is -0.421 e. The van der Waals surface area contributed by atoms with E-state index in [-0.39, 0.29) is 6.01 Å². The Morgan fingerprint density at radius 1 is 1.14 bits per heavy atom. The highest BCUT2D eigenvalue weighted by molar-refractivity contribution is 5.55. The van der Waals surface area contributed by atoms with Gasteiger partial charge in [0.05, 0.1) is 11.4 Å². The van der Waals surface area contributed by atoms with Crippen LogP contribution in [0.3, 0.4) is 0 Å². The standard InChI is InChI=1S/C15H15N5O/c1-2-11-8-9-14(13(16)10-11)21-15-17-18-19-20(15)12-6-4-3-5-7-12/h3-10H,2,16H2,1H3. The average Bonchev–Trinajstić information content (AvgIpc) is 2.98. The molecular formula is C15H15N5O. The van der Waals surface area contributed by atoms with Gasteiger partial charge in [-0.3, -0.25) is 0 Å². The zero-order valence-electron chi connectivity index (χ0n) is 11.6. The van der Waals surface area contributed by atoms with Gasteiger partial charge in [-0.25, -0.2) is 0 Å². The van der Waals surface area contributed by atoms with E-state index in [1.807, 2.05) is 48.5 Å². The third-order valence-electron chi connectivity index (χ3n) is 3.13. The van der Waals surface area contributed by atoms with Crippen molar-refractivity contribution >= 4 is 5.69 Å². The van der Waals surface area contributed by atoms with Crippen molar-refractivity contribution < 1.29 is 4.74 Å². The van der Waals surface area contributed by atoms with Crippen molar-refractivity contribution in [2.24, 2.45) is 0 Å². The predicted molar refractivity (Wildman–Crippen MR) is 79.5 cm³/mol. The maximum Gasteiger partial charge on any atom is 0.345 e. The molecule has 0 amide bonds. The zero-order valence-corrected chi connectivity index (χ0v) is 11.6. The third-order valence-corrected chi connectivity index (χ3v) is 3.13. The number of aryl methyl sites for hydroxylation is 1. The Hall–Kier alpha value is -2.89. The topological polar surface area (TPSA) is 78.9 Å². The van der Waals surface area contributed by atoms with Crippen LogP contribution in [-0.4, -0.2) is 20.2 Å². The fourth-order valence-corrected chi connectivity index (χ4v) is 1.98. The van der Waals surface area contributed by atoms with Crippen molar-refractivity contribution in [3.63, 3.8) is 0 Å². The summed E-state index contributed by atoms with van der Waals surface area (Å²) < 4.78 is 7.26. The predicted octanol–water partition coefficient (Wildman–Crippen LogP) is 2.60. The fraction of sp³-hybridized carbons (Fsp3) is 0.133. The second kappa shape index (κ2) is 5.62. The van der Waals surface area contributed by atoms with Gasteiger partial charge in [-0.2, -0.15) is 4.68 Å². The van der Waals surface area contributed by atoms with E-state index in [9.17, 15) is 0 Å². The number of benzene rings is 2. The summed E-state index contributed by atoms with van der Waals surface area (Å²) in [4.78, 5) is 0. The summed E-state index contributed by atoms with van der Waals surface area (Å²) in [6.07, 6.45) is 0.923. The number of aromatic nitrogens is 4. The van der Waals surface area contributed by atoms with E-state index in [4.69, 9.17) is 10.5 Å². The molecule has 0 fully saturated rings. The van der Waals surface area contributed by atoms with E-state index in [2.05, 4.69) is 22.4 Å². The molecular weight excluding hydrogens is 266 g/mol. The van der Waals surface area contributed by atoms with Gasteiger partial charge in [-0.05, 0) is 46.7 Å². The van der Waals surface area contributed by atoms with Crippen LogP contribution in [0.4, 0.5) is 5.69 Å². The van der Waals surface area contributed by atoms with Gasteiger partial charge < -0.3 is 10.5 Å². The Kier molecular flexibility index (Phi) is 3.51. The van der Waals surface area contributed by atoms with Crippen LogP contribution in [0.2, 0.25) is 0 Å². The first kappa shape index (κ1) is 13.1. The summed E-state index contributed by atoms with van der Waals surface area (Å²) in [6.45, 7) is 2.07. The molecule has 6 heteroatoms. The van der Waals surface area contributed by atoms with Crippen LogP contribution in [0.1, 0.15) is 12.5 Å². The Labute approximate surface area is 122 Å². The van der Waals surface area contributed by atoms with Crippen LogP contribution < -0.4 is 10.5 Å². The zero-order chi connectivity index (χ0) is 14.7. The molecule has 2 N–H and O–H groups in total. The quantitative estimate of drug-likeness (QED) is 0.744. The lowest BCUT2D eigenvalue weighted by Gasteiger charge is -2.09. The molecule has 0 spiro atoms. The summed E-state index contributed by atoms with van der Waals surface area (Å²) in [7, 11) is 0. The molecule has 0 saturated heterocycles. The second-order valence-corrected chi connectivity index (χ2v) is 4.54. The number of para-hydroxylation sites is 1. The second-order valence-electron chi connectivity index (χ2n) is 4.54. The highest BCUT2D eigenvalue weighted by Crippen LogP contribution is 2.27. The van der Waals surface area contributed by atoms with Crippen molar-refractivity contribution in [2.45, 2.75) is 13.3 Å². The number of tetrazole rings is 1. The Morgan fingerprint density at radius 2 is 1.95 bits per heavy atom. The number of rotatable bonds is 4. The lowest BCUT2D eigenvalue weighted by atomic mass is 10.1. The molecule has 0 atom stereocenters. The van der Waals surface area contributed by atoms with Crippen LogP contribution in [0.15, 0.2) is 48.5 Å². The van der Waals surface area contributed by atoms with Crippen molar-refractivity contribution in [1.29, 1.82) is 0 Å². The van der Waals surface area contributed by atoms with Crippen LogP contribution in [-0.2, 0) is 6.42 Å². The van der Waals surface area contributed by atoms with Crippen LogP contribution in [0, 0.1) is 0 Å². The number of nitrogens with two attached hydrogens (primary N) is 1. The summed E-state index contributed by atoms with van der Waals surface area (Å²) in [5.74, 6) is 0.541. The van der Waals surface area contributed by atoms with Gasteiger partial charge in [0.1, 0.15) is 0 Å². The number of ether oxygens (including phenoxy) is 1. The monoisotopic (exact) mass is 281 g/mol. The summed E-state index contributed by atoms with van der Waals surface area (Å²) in [6, 6.07) is 15.5. The summed E-state index contributed by atoms with van der Waals surface area (Å²) in [5, 5.41) is 11.5. The molecule has 1 heterocycles. The molecule has 0 saturated carbocycles. The van der Waals surface area contributed by atoms with E-state index in [1.165, 1.54) is 4.68 Å².